The zero-order valence-corrected chi connectivity index (χ0v) is 17.0. The Balaban J connectivity index is 1.63. The van der Waals surface area contributed by atoms with Gasteiger partial charge in [-0.05, 0) is 32.0 Å². The lowest BCUT2D eigenvalue weighted by atomic mass is 9.92. The van der Waals surface area contributed by atoms with Crippen molar-refractivity contribution in [2.75, 3.05) is 0 Å². The quantitative estimate of drug-likeness (QED) is 0.611. The van der Waals surface area contributed by atoms with E-state index < -0.39 is 11.6 Å². The highest BCUT2D eigenvalue weighted by atomic mass is 79.9. The number of hydrogen-bond donors (Lipinski definition) is 1. The number of oxazole rings is 1. The smallest absolute Gasteiger partial charge is 0.325 e. The van der Waals surface area contributed by atoms with Crippen molar-refractivity contribution in [3.63, 3.8) is 0 Å². The molecular weight excluding hydrogens is 422 g/mol. The molecule has 1 unspecified atom stereocenters. The van der Waals surface area contributed by atoms with Gasteiger partial charge in [-0.25, -0.2) is 9.78 Å². The molecule has 0 aliphatic carbocycles. The van der Waals surface area contributed by atoms with Crippen molar-refractivity contribution in [1.82, 2.24) is 15.2 Å². The third-order valence-corrected chi connectivity index (χ3v) is 5.60. The van der Waals surface area contributed by atoms with Crippen LogP contribution in [-0.2, 0) is 16.9 Å². The number of aryl methyl sites for hydroxylation is 1. The maximum Gasteiger partial charge on any atom is 0.325 e. The number of halogens is 1. The van der Waals surface area contributed by atoms with Crippen LogP contribution >= 0.6 is 15.9 Å². The third-order valence-electron chi connectivity index (χ3n) is 4.91. The Morgan fingerprint density at radius 3 is 2.50 bits per heavy atom. The molecule has 0 bridgehead atoms. The van der Waals surface area contributed by atoms with Crippen LogP contribution in [0.3, 0.4) is 0 Å². The fourth-order valence-corrected chi connectivity index (χ4v) is 4.00. The van der Waals surface area contributed by atoms with Crippen molar-refractivity contribution >= 4 is 27.9 Å². The average Bonchev–Trinajstić information content (AvgIpc) is 3.16. The minimum atomic E-state index is -1.14. The van der Waals surface area contributed by atoms with Gasteiger partial charge in [0.05, 0.1) is 6.54 Å². The van der Waals surface area contributed by atoms with Gasteiger partial charge in [-0.3, -0.25) is 9.69 Å². The van der Waals surface area contributed by atoms with Crippen LogP contribution in [0.5, 0.6) is 0 Å². The van der Waals surface area contributed by atoms with Crippen molar-refractivity contribution < 1.29 is 14.0 Å². The minimum absolute atomic E-state index is 0.0485. The van der Waals surface area contributed by atoms with Gasteiger partial charge in [-0.2, -0.15) is 0 Å². The molecule has 1 fully saturated rings. The number of carbonyl (C=O) groups excluding carboxylic acids is 2. The fourth-order valence-electron chi connectivity index (χ4n) is 3.32. The lowest BCUT2D eigenvalue weighted by molar-refractivity contribution is -0.131. The summed E-state index contributed by atoms with van der Waals surface area (Å²) in [7, 11) is 0. The molecule has 3 amide bonds. The first-order chi connectivity index (χ1) is 13.4. The van der Waals surface area contributed by atoms with Crippen LogP contribution in [0.15, 0.2) is 63.5 Å². The second-order valence-electron chi connectivity index (χ2n) is 6.81. The number of nitrogens with zero attached hydrogens (tertiary/aromatic N) is 2. The molecule has 7 heteroatoms. The van der Waals surface area contributed by atoms with Crippen LogP contribution < -0.4 is 5.32 Å². The fraction of sp³-hybridized carbons (Fsp3) is 0.190. The number of benzene rings is 2. The molecule has 0 radical (unpaired) electrons. The summed E-state index contributed by atoms with van der Waals surface area (Å²) in [5, 5.41) is 2.81. The maximum absolute atomic E-state index is 13.1. The second kappa shape index (κ2) is 6.91. The molecule has 1 atom stereocenters. The van der Waals surface area contributed by atoms with Crippen LogP contribution in [0.25, 0.3) is 11.5 Å². The van der Waals surface area contributed by atoms with E-state index >= 15 is 0 Å². The van der Waals surface area contributed by atoms with E-state index in [1.54, 1.807) is 13.8 Å². The minimum Gasteiger partial charge on any atom is -0.441 e. The molecule has 0 spiro atoms. The molecular formula is C21H18BrN3O3. The van der Waals surface area contributed by atoms with E-state index in [2.05, 4.69) is 26.2 Å². The Morgan fingerprint density at radius 2 is 1.79 bits per heavy atom. The molecule has 6 nitrogen and oxygen atoms in total. The average molecular weight is 440 g/mol. The molecule has 1 saturated heterocycles. The molecule has 1 aliphatic heterocycles. The number of nitrogens with one attached hydrogen (secondary N) is 1. The predicted octanol–water partition coefficient (Wildman–Crippen LogP) is 4.38. The number of rotatable bonds is 4. The van der Waals surface area contributed by atoms with E-state index in [0.717, 1.165) is 10.0 Å². The third kappa shape index (κ3) is 3.01. The molecule has 2 heterocycles. The van der Waals surface area contributed by atoms with Gasteiger partial charge in [0.1, 0.15) is 17.0 Å². The van der Waals surface area contributed by atoms with Crippen LogP contribution in [0.2, 0.25) is 0 Å². The highest BCUT2D eigenvalue weighted by molar-refractivity contribution is 9.10. The van der Waals surface area contributed by atoms with E-state index in [0.29, 0.717) is 22.9 Å². The van der Waals surface area contributed by atoms with Gasteiger partial charge in [0.2, 0.25) is 5.89 Å². The summed E-state index contributed by atoms with van der Waals surface area (Å²) in [5.74, 6) is 0.718. The van der Waals surface area contributed by atoms with Gasteiger partial charge in [-0.15, -0.1) is 0 Å². The summed E-state index contributed by atoms with van der Waals surface area (Å²) in [5.41, 5.74) is 0.959. The molecule has 1 aromatic heterocycles. The zero-order chi connectivity index (χ0) is 19.9. The largest absolute Gasteiger partial charge is 0.441 e. The van der Waals surface area contributed by atoms with Crippen molar-refractivity contribution in [2.24, 2.45) is 0 Å². The Bertz CT molecular complexity index is 1060. The van der Waals surface area contributed by atoms with E-state index in [1.807, 2.05) is 54.6 Å². The van der Waals surface area contributed by atoms with Crippen molar-refractivity contribution in [3.05, 3.63) is 76.1 Å². The summed E-state index contributed by atoms with van der Waals surface area (Å²) in [6.07, 6.45) is 0. The predicted molar refractivity (Wildman–Crippen MR) is 107 cm³/mol. The molecule has 142 valence electrons. The van der Waals surface area contributed by atoms with E-state index in [9.17, 15) is 9.59 Å². The van der Waals surface area contributed by atoms with Gasteiger partial charge >= 0.3 is 6.03 Å². The molecule has 1 aliphatic rings. The SMILES string of the molecule is Cc1oc(-c2ccccc2)nc1CN1C(=O)NC(C)(c2ccccc2Br)C1=O. The first-order valence-corrected chi connectivity index (χ1v) is 9.60. The number of imide groups is 1. The standard InChI is InChI=1S/C21H18BrN3O3/c1-13-17(23-18(28-13)14-8-4-3-5-9-14)12-25-19(26)21(2,24-20(25)27)15-10-6-7-11-16(15)22/h3-11H,12H2,1-2H3,(H,24,27). The Morgan fingerprint density at radius 1 is 1.11 bits per heavy atom. The lowest BCUT2D eigenvalue weighted by Crippen LogP contribution is -2.41. The van der Waals surface area contributed by atoms with Crippen LogP contribution in [0.1, 0.15) is 23.9 Å². The molecule has 1 N–H and O–H groups in total. The topological polar surface area (TPSA) is 75.4 Å². The molecule has 2 aromatic carbocycles. The summed E-state index contributed by atoms with van der Waals surface area (Å²) < 4.78 is 6.51. The first-order valence-electron chi connectivity index (χ1n) is 8.81. The molecule has 0 saturated carbocycles. The highest BCUT2D eigenvalue weighted by Gasteiger charge is 2.50. The number of carbonyl (C=O) groups is 2. The van der Waals surface area contributed by atoms with Gasteiger partial charge in [0, 0.05) is 15.6 Å². The summed E-state index contributed by atoms with van der Waals surface area (Å²) >= 11 is 3.47. The highest BCUT2D eigenvalue weighted by Crippen LogP contribution is 2.34. The normalized spacial score (nSPS) is 19.2. The molecule has 4 rings (SSSR count). The molecule has 3 aromatic rings. The first kappa shape index (κ1) is 18.4. The Hall–Kier alpha value is -2.93. The zero-order valence-electron chi connectivity index (χ0n) is 15.4. The summed E-state index contributed by atoms with van der Waals surface area (Å²) in [6.45, 7) is 3.53. The number of aromatic nitrogens is 1. The lowest BCUT2D eigenvalue weighted by Gasteiger charge is -2.23. The monoisotopic (exact) mass is 439 g/mol. The van der Waals surface area contributed by atoms with Gasteiger partial charge in [0.25, 0.3) is 5.91 Å². The maximum atomic E-state index is 13.1. The summed E-state index contributed by atoms with van der Waals surface area (Å²) in [6, 6.07) is 16.4. The van der Waals surface area contributed by atoms with E-state index in [4.69, 9.17) is 4.42 Å². The van der Waals surface area contributed by atoms with E-state index in [-0.39, 0.29) is 12.5 Å². The Labute approximate surface area is 170 Å². The van der Waals surface area contributed by atoms with Gasteiger partial charge < -0.3 is 9.73 Å². The van der Waals surface area contributed by atoms with Crippen LogP contribution in [0, 0.1) is 6.92 Å². The molecule has 28 heavy (non-hydrogen) atoms. The van der Waals surface area contributed by atoms with Crippen molar-refractivity contribution in [1.29, 1.82) is 0 Å². The van der Waals surface area contributed by atoms with Crippen molar-refractivity contribution in [3.8, 4) is 11.5 Å². The van der Waals surface area contributed by atoms with Crippen LogP contribution in [-0.4, -0.2) is 21.8 Å². The summed E-state index contributed by atoms with van der Waals surface area (Å²) in [4.78, 5) is 31.4. The van der Waals surface area contributed by atoms with Gasteiger partial charge in [-0.1, -0.05) is 52.3 Å². The Kier molecular flexibility index (Phi) is 4.55. The second-order valence-corrected chi connectivity index (χ2v) is 7.67. The number of urea groups is 1. The number of hydrogen-bond acceptors (Lipinski definition) is 4. The van der Waals surface area contributed by atoms with Gasteiger partial charge in [0.15, 0.2) is 0 Å². The number of amides is 3. The van der Waals surface area contributed by atoms with E-state index in [1.165, 1.54) is 4.90 Å². The van der Waals surface area contributed by atoms with Crippen LogP contribution in [0.4, 0.5) is 4.79 Å². The van der Waals surface area contributed by atoms with Crippen molar-refractivity contribution in [2.45, 2.75) is 25.9 Å².